The largest absolute Gasteiger partial charge is 0.504 e. The summed E-state index contributed by atoms with van der Waals surface area (Å²) in [5.41, 5.74) is 0. The number of phenolic OH excluding ortho intramolecular Hbond substituents is 1. The molecule has 0 saturated heterocycles. The Balaban J connectivity index is 2.96. The van der Waals surface area contributed by atoms with Crippen molar-refractivity contribution < 1.29 is 24.1 Å². The maximum Gasteiger partial charge on any atom is 0.207 e. The van der Waals surface area contributed by atoms with Gasteiger partial charge in [-0.15, -0.1) is 0 Å². The molecular weight excluding hydrogens is 236 g/mol. The van der Waals surface area contributed by atoms with Gasteiger partial charge in [-0.1, -0.05) is 0 Å². The van der Waals surface area contributed by atoms with Crippen molar-refractivity contribution in [3.8, 4) is 23.0 Å². The molecule has 1 N–H and O–H groups in total. The quantitative estimate of drug-likeness (QED) is 0.723. The Morgan fingerprint density at radius 1 is 0.944 bits per heavy atom. The molecular formula is C13H20O5. The van der Waals surface area contributed by atoms with E-state index in [0.717, 1.165) is 0 Å². The van der Waals surface area contributed by atoms with Crippen molar-refractivity contribution in [3.63, 3.8) is 0 Å². The van der Waals surface area contributed by atoms with Crippen LogP contribution in [0, 0.1) is 0 Å². The van der Waals surface area contributed by atoms with Gasteiger partial charge in [0.1, 0.15) is 6.61 Å². The van der Waals surface area contributed by atoms with Crippen LogP contribution < -0.4 is 14.2 Å². The normalized spacial score (nSPS) is 10.2. The molecule has 1 rings (SSSR count). The molecule has 1 aromatic carbocycles. The average molecular weight is 256 g/mol. The highest BCUT2D eigenvalue weighted by Crippen LogP contribution is 2.43. The highest BCUT2D eigenvalue weighted by molar-refractivity contribution is 5.58. The van der Waals surface area contributed by atoms with E-state index in [0.29, 0.717) is 43.7 Å². The summed E-state index contributed by atoms with van der Waals surface area (Å²) in [4.78, 5) is 0. The van der Waals surface area contributed by atoms with Gasteiger partial charge in [0.2, 0.25) is 11.5 Å². The van der Waals surface area contributed by atoms with Crippen LogP contribution in [0.1, 0.15) is 13.8 Å². The lowest BCUT2D eigenvalue weighted by Gasteiger charge is -2.16. The van der Waals surface area contributed by atoms with Crippen molar-refractivity contribution in [2.24, 2.45) is 0 Å². The lowest BCUT2D eigenvalue weighted by molar-refractivity contribution is 0.142. The number of rotatable bonds is 8. The lowest BCUT2D eigenvalue weighted by atomic mass is 10.2. The molecule has 0 aliphatic heterocycles. The Bertz CT molecular complexity index is 365. The van der Waals surface area contributed by atoms with Crippen LogP contribution in [-0.2, 0) is 4.74 Å². The second-order valence-electron chi connectivity index (χ2n) is 3.45. The summed E-state index contributed by atoms with van der Waals surface area (Å²) in [6.45, 7) is 5.50. The SMILES string of the molecule is CCOc1c(O)ccc(OCCOC)c1OCC. The number of aromatic hydroxyl groups is 1. The molecule has 0 bridgehead atoms. The van der Waals surface area contributed by atoms with E-state index < -0.39 is 0 Å². The fourth-order valence-electron chi connectivity index (χ4n) is 1.45. The lowest BCUT2D eigenvalue weighted by Crippen LogP contribution is -2.07. The van der Waals surface area contributed by atoms with Crippen molar-refractivity contribution in [2.75, 3.05) is 33.5 Å². The van der Waals surface area contributed by atoms with Gasteiger partial charge in [0, 0.05) is 7.11 Å². The first-order valence-corrected chi connectivity index (χ1v) is 5.97. The molecule has 0 atom stereocenters. The maximum atomic E-state index is 9.76. The predicted octanol–water partition coefficient (Wildman–Crippen LogP) is 2.21. The van der Waals surface area contributed by atoms with Gasteiger partial charge in [-0.2, -0.15) is 0 Å². The summed E-state index contributed by atoms with van der Waals surface area (Å²) in [6.07, 6.45) is 0. The summed E-state index contributed by atoms with van der Waals surface area (Å²) in [5, 5.41) is 9.76. The summed E-state index contributed by atoms with van der Waals surface area (Å²) < 4.78 is 21.3. The second-order valence-corrected chi connectivity index (χ2v) is 3.45. The monoisotopic (exact) mass is 256 g/mol. The van der Waals surface area contributed by atoms with Crippen molar-refractivity contribution >= 4 is 0 Å². The summed E-state index contributed by atoms with van der Waals surface area (Å²) in [6, 6.07) is 3.17. The molecule has 18 heavy (non-hydrogen) atoms. The van der Waals surface area contributed by atoms with Crippen LogP contribution in [0.4, 0.5) is 0 Å². The van der Waals surface area contributed by atoms with Crippen LogP contribution in [0.15, 0.2) is 12.1 Å². The van der Waals surface area contributed by atoms with E-state index >= 15 is 0 Å². The number of benzene rings is 1. The fraction of sp³-hybridized carbons (Fsp3) is 0.538. The Hall–Kier alpha value is -1.62. The van der Waals surface area contributed by atoms with Gasteiger partial charge in [-0.25, -0.2) is 0 Å². The number of phenols is 1. The van der Waals surface area contributed by atoms with E-state index in [2.05, 4.69) is 0 Å². The molecule has 0 aliphatic rings. The predicted molar refractivity (Wildman–Crippen MR) is 67.8 cm³/mol. The molecule has 102 valence electrons. The summed E-state index contributed by atoms with van der Waals surface area (Å²) in [5.74, 6) is 1.32. The molecule has 0 unspecified atom stereocenters. The van der Waals surface area contributed by atoms with Crippen LogP contribution in [-0.4, -0.2) is 38.6 Å². The van der Waals surface area contributed by atoms with E-state index in [4.69, 9.17) is 18.9 Å². The minimum absolute atomic E-state index is 0.0411. The highest BCUT2D eigenvalue weighted by atomic mass is 16.6. The van der Waals surface area contributed by atoms with Crippen LogP contribution in [0.2, 0.25) is 0 Å². The van der Waals surface area contributed by atoms with E-state index in [1.807, 2.05) is 13.8 Å². The number of hydrogen-bond donors (Lipinski definition) is 1. The van der Waals surface area contributed by atoms with Crippen LogP contribution in [0.3, 0.4) is 0 Å². The molecule has 0 amide bonds. The van der Waals surface area contributed by atoms with Crippen LogP contribution >= 0.6 is 0 Å². The molecule has 0 aromatic heterocycles. The zero-order valence-corrected chi connectivity index (χ0v) is 11.1. The fourth-order valence-corrected chi connectivity index (χ4v) is 1.45. The molecule has 5 heteroatoms. The highest BCUT2D eigenvalue weighted by Gasteiger charge is 2.16. The van der Waals surface area contributed by atoms with E-state index in [1.165, 1.54) is 6.07 Å². The topological polar surface area (TPSA) is 57.2 Å². The maximum absolute atomic E-state index is 9.76. The summed E-state index contributed by atoms with van der Waals surface area (Å²) in [7, 11) is 1.61. The van der Waals surface area contributed by atoms with Gasteiger partial charge < -0.3 is 24.1 Å². The van der Waals surface area contributed by atoms with Crippen molar-refractivity contribution in [3.05, 3.63) is 12.1 Å². The van der Waals surface area contributed by atoms with Gasteiger partial charge in [-0.05, 0) is 26.0 Å². The van der Waals surface area contributed by atoms with Crippen molar-refractivity contribution in [1.82, 2.24) is 0 Å². The van der Waals surface area contributed by atoms with Gasteiger partial charge in [0.25, 0.3) is 0 Å². The zero-order chi connectivity index (χ0) is 13.4. The molecule has 0 radical (unpaired) electrons. The van der Waals surface area contributed by atoms with Gasteiger partial charge >= 0.3 is 0 Å². The molecule has 1 aromatic rings. The first-order chi connectivity index (χ1) is 8.74. The average Bonchev–Trinajstić information content (AvgIpc) is 2.37. The molecule has 0 fully saturated rings. The minimum atomic E-state index is 0.0411. The van der Waals surface area contributed by atoms with Gasteiger partial charge in [-0.3, -0.25) is 0 Å². The molecule has 0 aliphatic carbocycles. The van der Waals surface area contributed by atoms with E-state index in [1.54, 1.807) is 13.2 Å². The third-order valence-electron chi connectivity index (χ3n) is 2.18. The molecule has 0 heterocycles. The molecule has 5 nitrogen and oxygen atoms in total. The minimum Gasteiger partial charge on any atom is -0.504 e. The van der Waals surface area contributed by atoms with E-state index in [-0.39, 0.29) is 5.75 Å². The molecule has 0 spiro atoms. The Morgan fingerprint density at radius 2 is 1.61 bits per heavy atom. The summed E-state index contributed by atoms with van der Waals surface area (Å²) >= 11 is 0. The zero-order valence-electron chi connectivity index (χ0n) is 11.1. The molecule has 0 saturated carbocycles. The van der Waals surface area contributed by atoms with Crippen LogP contribution in [0.25, 0.3) is 0 Å². The van der Waals surface area contributed by atoms with Crippen molar-refractivity contribution in [1.29, 1.82) is 0 Å². The Labute approximate surface area is 107 Å². The number of ether oxygens (including phenoxy) is 4. The van der Waals surface area contributed by atoms with E-state index in [9.17, 15) is 5.11 Å². The van der Waals surface area contributed by atoms with Crippen LogP contribution in [0.5, 0.6) is 23.0 Å². The Kier molecular flexibility index (Phi) is 6.14. The second kappa shape index (κ2) is 7.66. The first kappa shape index (κ1) is 14.4. The third kappa shape index (κ3) is 3.70. The van der Waals surface area contributed by atoms with Crippen molar-refractivity contribution in [2.45, 2.75) is 13.8 Å². The smallest absolute Gasteiger partial charge is 0.207 e. The van der Waals surface area contributed by atoms with Gasteiger partial charge in [0.05, 0.1) is 19.8 Å². The first-order valence-electron chi connectivity index (χ1n) is 5.97. The number of hydrogen-bond acceptors (Lipinski definition) is 5. The standard InChI is InChI=1S/C13H20O5/c1-4-16-12-10(14)6-7-11(13(12)17-5-2)18-9-8-15-3/h6-7,14H,4-5,8-9H2,1-3H3. The van der Waals surface area contributed by atoms with Gasteiger partial charge in [0.15, 0.2) is 11.5 Å². The Morgan fingerprint density at radius 3 is 2.22 bits per heavy atom. The third-order valence-corrected chi connectivity index (χ3v) is 2.18. The number of methoxy groups -OCH3 is 1.